The standard InChI is InChI=1S/C20H33N3O3/c1-19(2,3)26-17-8-6-5-7-16(17)13-22-18(21-4)23-14-20(9-11-24)10-12-25-15-20/h5-8,24H,9-15H2,1-4H3,(H2,21,22,23). The first-order chi connectivity index (χ1) is 12.4. The Labute approximate surface area is 157 Å². The van der Waals surface area contributed by atoms with E-state index in [9.17, 15) is 5.11 Å². The first-order valence-corrected chi connectivity index (χ1v) is 9.27. The van der Waals surface area contributed by atoms with Crippen molar-refractivity contribution >= 4 is 5.96 Å². The van der Waals surface area contributed by atoms with Crippen LogP contribution in [-0.2, 0) is 11.3 Å². The third-order valence-corrected chi connectivity index (χ3v) is 4.52. The lowest BCUT2D eigenvalue weighted by atomic mass is 9.84. The number of hydrogen-bond acceptors (Lipinski definition) is 4. The summed E-state index contributed by atoms with van der Waals surface area (Å²) < 4.78 is 11.6. The van der Waals surface area contributed by atoms with Gasteiger partial charge in [-0.3, -0.25) is 4.99 Å². The SMILES string of the molecule is CN=C(NCc1ccccc1OC(C)(C)C)NCC1(CCO)CCOC1. The Morgan fingerprint density at radius 3 is 2.69 bits per heavy atom. The van der Waals surface area contributed by atoms with E-state index in [1.807, 2.05) is 39.0 Å². The molecule has 0 aromatic heterocycles. The topological polar surface area (TPSA) is 75.1 Å². The van der Waals surface area contributed by atoms with Gasteiger partial charge in [-0.25, -0.2) is 0 Å². The van der Waals surface area contributed by atoms with E-state index < -0.39 is 0 Å². The van der Waals surface area contributed by atoms with Gasteiger partial charge in [0.05, 0.1) is 6.61 Å². The third kappa shape index (κ3) is 6.18. The van der Waals surface area contributed by atoms with E-state index in [1.54, 1.807) is 7.05 Å². The van der Waals surface area contributed by atoms with Crippen LogP contribution < -0.4 is 15.4 Å². The van der Waals surface area contributed by atoms with Crippen LogP contribution >= 0.6 is 0 Å². The number of ether oxygens (including phenoxy) is 2. The lowest BCUT2D eigenvalue weighted by Crippen LogP contribution is -2.44. The van der Waals surface area contributed by atoms with Crippen LogP contribution in [0, 0.1) is 5.41 Å². The van der Waals surface area contributed by atoms with Crippen molar-refractivity contribution < 1.29 is 14.6 Å². The largest absolute Gasteiger partial charge is 0.488 e. The van der Waals surface area contributed by atoms with Crippen molar-refractivity contribution in [3.8, 4) is 5.75 Å². The quantitative estimate of drug-likeness (QED) is 0.512. The Kier molecular flexibility index (Phi) is 7.29. The minimum atomic E-state index is -0.241. The molecule has 0 radical (unpaired) electrons. The molecule has 1 atom stereocenters. The lowest BCUT2D eigenvalue weighted by molar-refractivity contribution is 0.127. The highest BCUT2D eigenvalue weighted by Crippen LogP contribution is 2.31. The van der Waals surface area contributed by atoms with Crippen LogP contribution in [0.3, 0.4) is 0 Å². The molecule has 0 aliphatic carbocycles. The van der Waals surface area contributed by atoms with E-state index in [0.717, 1.165) is 43.3 Å². The summed E-state index contributed by atoms with van der Waals surface area (Å²) in [5.41, 5.74) is 0.828. The number of guanidine groups is 1. The van der Waals surface area contributed by atoms with Gasteiger partial charge in [0.1, 0.15) is 11.4 Å². The molecule has 1 aromatic rings. The van der Waals surface area contributed by atoms with Crippen molar-refractivity contribution in [3.05, 3.63) is 29.8 Å². The fourth-order valence-corrected chi connectivity index (χ4v) is 3.06. The van der Waals surface area contributed by atoms with Crippen LogP contribution in [0.15, 0.2) is 29.3 Å². The molecule has 0 spiro atoms. The van der Waals surface area contributed by atoms with Crippen LogP contribution in [-0.4, -0.2) is 50.1 Å². The molecule has 146 valence electrons. The second kappa shape index (κ2) is 9.24. The summed E-state index contributed by atoms with van der Waals surface area (Å²) in [7, 11) is 1.76. The number of nitrogens with zero attached hydrogens (tertiary/aromatic N) is 1. The monoisotopic (exact) mass is 363 g/mol. The summed E-state index contributed by atoms with van der Waals surface area (Å²) in [5.74, 6) is 1.61. The highest BCUT2D eigenvalue weighted by atomic mass is 16.5. The molecule has 3 N–H and O–H groups in total. The van der Waals surface area contributed by atoms with E-state index in [1.165, 1.54) is 0 Å². The molecular formula is C20H33N3O3. The van der Waals surface area contributed by atoms with Crippen molar-refractivity contribution in [3.63, 3.8) is 0 Å². The molecule has 1 aromatic carbocycles. The van der Waals surface area contributed by atoms with Crippen molar-refractivity contribution in [1.29, 1.82) is 0 Å². The van der Waals surface area contributed by atoms with Gasteiger partial charge >= 0.3 is 0 Å². The number of benzene rings is 1. The van der Waals surface area contributed by atoms with Crippen molar-refractivity contribution in [2.24, 2.45) is 10.4 Å². The van der Waals surface area contributed by atoms with E-state index in [4.69, 9.17) is 9.47 Å². The number of rotatable bonds is 7. The number of aliphatic hydroxyl groups is 1. The molecule has 1 fully saturated rings. The molecule has 1 aliphatic heterocycles. The summed E-state index contributed by atoms with van der Waals surface area (Å²) in [6, 6.07) is 8.04. The number of aliphatic imine (C=N–C) groups is 1. The molecule has 6 heteroatoms. The predicted octanol–water partition coefficient (Wildman–Crippen LogP) is 2.32. The average Bonchev–Trinajstić information content (AvgIpc) is 3.04. The van der Waals surface area contributed by atoms with Gasteiger partial charge in [-0.1, -0.05) is 18.2 Å². The molecule has 26 heavy (non-hydrogen) atoms. The van der Waals surface area contributed by atoms with E-state index in [0.29, 0.717) is 13.2 Å². The molecule has 0 amide bonds. The number of aliphatic hydroxyl groups excluding tert-OH is 1. The number of nitrogens with one attached hydrogen (secondary N) is 2. The Morgan fingerprint density at radius 1 is 1.31 bits per heavy atom. The van der Waals surface area contributed by atoms with Gasteiger partial charge in [-0.2, -0.15) is 0 Å². The molecule has 0 saturated carbocycles. The van der Waals surface area contributed by atoms with Crippen LogP contribution in [0.5, 0.6) is 5.75 Å². The van der Waals surface area contributed by atoms with Crippen LogP contribution in [0.1, 0.15) is 39.2 Å². The molecular weight excluding hydrogens is 330 g/mol. The van der Waals surface area contributed by atoms with Gasteiger partial charge in [0, 0.05) is 44.3 Å². The average molecular weight is 364 g/mol. The predicted molar refractivity (Wildman–Crippen MR) is 105 cm³/mol. The number of para-hydroxylation sites is 1. The summed E-state index contributed by atoms with van der Waals surface area (Å²) in [6.45, 7) is 9.09. The van der Waals surface area contributed by atoms with Crippen LogP contribution in [0.25, 0.3) is 0 Å². The number of hydrogen-bond donors (Lipinski definition) is 3. The van der Waals surface area contributed by atoms with Gasteiger partial charge in [0.2, 0.25) is 0 Å². The second-order valence-corrected chi connectivity index (χ2v) is 7.88. The van der Waals surface area contributed by atoms with Crippen molar-refractivity contribution in [2.45, 2.75) is 45.8 Å². The maximum Gasteiger partial charge on any atom is 0.191 e. The molecule has 1 heterocycles. The second-order valence-electron chi connectivity index (χ2n) is 7.88. The summed E-state index contributed by atoms with van der Waals surface area (Å²) >= 11 is 0. The van der Waals surface area contributed by atoms with Gasteiger partial charge in [-0.05, 0) is 39.7 Å². The molecule has 1 aliphatic rings. The fraction of sp³-hybridized carbons (Fsp3) is 0.650. The Bertz CT molecular complexity index is 590. The highest BCUT2D eigenvalue weighted by Gasteiger charge is 2.34. The van der Waals surface area contributed by atoms with E-state index >= 15 is 0 Å². The van der Waals surface area contributed by atoms with Gasteiger partial charge in [0.15, 0.2) is 5.96 Å². The maximum atomic E-state index is 9.35. The van der Waals surface area contributed by atoms with Gasteiger partial charge in [-0.15, -0.1) is 0 Å². The van der Waals surface area contributed by atoms with Crippen LogP contribution in [0.4, 0.5) is 0 Å². The normalized spacial score (nSPS) is 20.9. The van der Waals surface area contributed by atoms with E-state index in [2.05, 4.69) is 21.7 Å². The molecule has 1 saturated heterocycles. The van der Waals surface area contributed by atoms with Crippen molar-refractivity contribution in [2.75, 3.05) is 33.4 Å². The van der Waals surface area contributed by atoms with E-state index in [-0.39, 0.29) is 17.6 Å². The first kappa shape index (κ1) is 20.5. The fourth-order valence-electron chi connectivity index (χ4n) is 3.06. The summed E-state index contributed by atoms with van der Waals surface area (Å²) in [5, 5.41) is 16.1. The Morgan fingerprint density at radius 2 is 2.08 bits per heavy atom. The Balaban J connectivity index is 1.93. The smallest absolute Gasteiger partial charge is 0.191 e. The van der Waals surface area contributed by atoms with Gasteiger partial charge < -0.3 is 25.2 Å². The molecule has 2 rings (SSSR count). The molecule has 0 bridgehead atoms. The summed E-state index contributed by atoms with van der Waals surface area (Å²) in [4.78, 5) is 4.31. The maximum absolute atomic E-state index is 9.35. The lowest BCUT2D eigenvalue weighted by Gasteiger charge is -2.28. The zero-order valence-electron chi connectivity index (χ0n) is 16.5. The van der Waals surface area contributed by atoms with Crippen LogP contribution in [0.2, 0.25) is 0 Å². The minimum absolute atomic E-state index is 0.0143. The minimum Gasteiger partial charge on any atom is -0.488 e. The first-order valence-electron chi connectivity index (χ1n) is 9.27. The zero-order chi connectivity index (χ0) is 19.0. The summed E-state index contributed by atoms with van der Waals surface area (Å²) in [6.07, 6.45) is 1.69. The third-order valence-electron chi connectivity index (χ3n) is 4.52. The Hall–Kier alpha value is -1.79. The zero-order valence-corrected chi connectivity index (χ0v) is 16.5. The highest BCUT2D eigenvalue weighted by molar-refractivity contribution is 5.79. The van der Waals surface area contributed by atoms with Gasteiger partial charge in [0.25, 0.3) is 0 Å². The molecule has 1 unspecified atom stereocenters. The molecule has 6 nitrogen and oxygen atoms in total. The van der Waals surface area contributed by atoms with Crippen molar-refractivity contribution in [1.82, 2.24) is 10.6 Å².